The third-order valence-corrected chi connectivity index (χ3v) is 6.40. The Kier molecular flexibility index (Phi) is 5.56. The van der Waals surface area contributed by atoms with Crippen LogP contribution in [0.1, 0.15) is 0 Å². The van der Waals surface area contributed by atoms with Crippen LogP contribution in [0.3, 0.4) is 0 Å². The van der Waals surface area contributed by atoms with E-state index in [9.17, 15) is 9.59 Å². The molecule has 6 heterocycles. The van der Waals surface area contributed by atoms with E-state index in [0.717, 1.165) is 49.1 Å². The number of rotatable bonds is 5. The molecule has 0 radical (unpaired) electrons. The van der Waals surface area contributed by atoms with Crippen LogP contribution in [0.5, 0.6) is 5.88 Å². The second-order valence-electron chi connectivity index (χ2n) is 8.63. The van der Waals surface area contributed by atoms with Crippen LogP contribution in [-0.2, 0) is 4.74 Å². The lowest BCUT2D eigenvalue weighted by molar-refractivity contribution is 0.106. The molecule has 1 unspecified atom stereocenters. The third-order valence-electron chi connectivity index (χ3n) is 6.40. The van der Waals surface area contributed by atoms with Crippen molar-refractivity contribution >= 4 is 39.9 Å². The molecule has 0 N–H and O–H groups in total. The molecule has 12 nitrogen and oxygen atoms in total. The van der Waals surface area contributed by atoms with Gasteiger partial charge in [-0.05, 0) is 24.3 Å². The number of carbonyl (C=O) groups is 1. The van der Waals surface area contributed by atoms with Crippen LogP contribution >= 0.6 is 0 Å². The third kappa shape index (κ3) is 4.15. The molecule has 1 atom stereocenters. The SMILES string of the molecule is COc1ccc2nccc(N3CCN(CC4CN(c5ccc6ncc(=O)oc6n5)C(=O)O4)CC3)c2n1. The number of amides is 1. The Morgan fingerprint density at radius 1 is 1.00 bits per heavy atom. The number of aromatic nitrogens is 4. The lowest BCUT2D eigenvalue weighted by Gasteiger charge is -2.36. The van der Waals surface area contributed by atoms with Crippen molar-refractivity contribution in [3.05, 3.63) is 53.1 Å². The van der Waals surface area contributed by atoms with Crippen LogP contribution < -0.4 is 20.2 Å². The predicted octanol–water partition coefficient (Wildman–Crippen LogP) is 1.68. The van der Waals surface area contributed by atoms with Gasteiger partial charge in [0.1, 0.15) is 29.2 Å². The van der Waals surface area contributed by atoms with Gasteiger partial charge in [0.05, 0.1) is 24.9 Å². The fraction of sp³-hybridized carbons (Fsp3) is 0.333. The molecule has 12 heteroatoms. The lowest BCUT2D eigenvalue weighted by Crippen LogP contribution is -2.49. The minimum Gasteiger partial charge on any atom is -0.481 e. The van der Waals surface area contributed by atoms with Gasteiger partial charge in [0, 0.05) is 45.0 Å². The molecule has 0 bridgehead atoms. The number of pyridine rings is 3. The number of ether oxygens (including phenoxy) is 2. The first-order valence-corrected chi connectivity index (χ1v) is 11.6. The zero-order valence-electron chi connectivity index (χ0n) is 19.5. The first-order chi connectivity index (χ1) is 17.6. The smallest absolute Gasteiger partial charge is 0.416 e. The molecule has 0 saturated carbocycles. The molecule has 4 aromatic heterocycles. The van der Waals surface area contributed by atoms with Crippen molar-refractivity contribution in [1.82, 2.24) is 24.8 Å². The fourth-order valence-electron chi connectivity index (χ4n) is 4.62. The molecule has 0 spiro atoms. The topological polar surface area (TPSA) is 127 Å². The molecule has 2 aliphatic heterocycles. The number of hydrogen-bond donors (Lipinski definition) is 0. The van der Waals surface area contributed by atoms with Crippen LogP contribution in [0, 0.1) is 0 Å². The maximum Gasteiger partial charge on any atom is 0.416 e. The fourth-order valence-corrected chi connectivity index (χ4v) is 4.62. The highest BCUT2D eigenvalue weighted by Gasteiger charge is 2.35. The first-order valence-electron chi connectivity index (χ1n) is 11.6. The van der Waals surface area contributed by atoms with E-state index in [2.05, 4.69) is 29.7 Å². The van der Waals surface area contributed by atoms with Crippen molar-refractivity contribution in [2.24, 2.45) is 0 Å². The highest BCUT2D eigenvalue weighted by molar-refractivity contribution is 5.90. The Bertz CT molecular complexity index is 1500. The molecule has 2 aliphatic rings. The number of carbonyl (C=O) groups excluding carboxylic acids is 1. The van der Waals surface area contributed by atoms with E-state index in [4.69, 9.17) is 13.9 Å². The van der Waals surface area contributed by atoms with Gasteiger partial charge in [-0.15, -0.1) is 0 Å². The molecule has 6 rings (SSSR count). The highest BCUT2D eigenvalue weighted by atomic mass is 16.6. The molecule has 184 valence electrons. The summed E-state index contributed by atoms with van der Waals surface area (Å²) in [7, 11) is 1.60. The van der Waals surface area contributed by atoms with Crippen molar-refractivity contribution < 1.29 is 18.7 Å². The normalized spacial score (nSPS) is 18.7. The van der Waals surface area contributed by atoms with Gasteiger partial charge < -0.3 is 18.8 Å². The summed E-state index contributed by atoms with van der Waals surface area (Å²) < 4.78 is 16.0. The lowest BCUT2D eigenvalue weighted by atomic mass is 10.2. The number of anilines is 2. The summed E-state index contributed by atoms with van der Waals surface area (Å²) in [5, 5.41) is 0. The zero-order valence-corrected chi connectivity index (χ0v) is 19.5. The highest BCUT2D eigenvalue weighted by Crippen LogP contribution is 2.27. The number of methoxy groups -OCH3 is 1. The van der Waals surface area contributed by atoms with Crippen LogP contribution in [0.25, 0.3) is 22.3 Å². The van der Waals surface area contributed by atoms with Gasteiger partial charge in [-0.1, -0.05) is 0 Å². The van der Waals surface area contributed by atoms with Crippen molar-refractivity contribution in [3.63, 3.8) is 0 Å². The molecule has 4 aromatic rings. The molecule has 0 aromatic carbocycles. The Hall–Kier alpha value is -4.32. The quantitative estimate of drug-likeness (QED) is 0.406. The minimum atomic E-state index is -0.595. The van der Waals surface area contributed by atoms with Crippen LogP contribution in [0.2, 0.25) is 0 Å². The largest absolute Gasteiger partial charge is 0.481 e. The standard InChI is InChI=1S/C24H23N7O5/c1-34-20-5-3-16-22(28-20)18(6-7-25-16)30-10-8-29(9-11-30)13-15-14-31(24(33)35-15)19-4-2-17-23(27-19)36-21(32)12-26-17/h2-7,12,15H,8-11,13-14H2,1H3. The second-order valence-corrected chi connectivity index (χ2v) is 8.63. The van der Waals surface area contributed by atoms with Gasteiger partial charge in [-0.2, -0.15) is 4.98 Å². The summed E-state index contributed by atoms with van der Waals surface area (Å²) in [6.45, 7) is 4.21. The number of fused-ring (bicyclic) bond motifs is 2. The maximum atomic E-state index is 12.5. The van der Waals surface area contributed by atoms with E-state index in [1.807, 2.05) is 18.2 Å². The van der Waals surface area contributed by atoms with Gasteiger partial charge in [0.15, 0.2) is 0 Å². The van der Waals surface area contributed by atoms with E-state index >= 15 is 0 Å². The van der Waals surface area contributed by atoms with E-state index < -0.39 is 11.7 Å². The molecule has 2 fully saturated rings. The Morgan fingerprint density at radius 3 is 2.67 bits per heavy atom. The van der Waals surface area contributed by atoms with Crippen LogP contribution in [0.4, 0.5) is 16.3 Å². The van der Waals surface area contributed by atoms with Crippen molar-refractivity contribution in [1.29, 1.82) is 0 Å². The van der Waals surface area contributed by atoms with Crippen molar-refractivity contribution in [2.75, 3.05) is 56.2 Å². The summed E-state index contributed by atoms with van der Waals surface area (Å²) in [5.74, 6) is 0.922. The van der Waals surface area contributed by atoms with Crippen molar-refractivity contribution in [3.8, 4) is 5.88 Å². The summed E-state index contributed by atoms with van der Waals surface area (Å²) in [6.07, 6.45) is 2.12. The average molecular weight is 489 g/mol. The number of hydrogen-bond acceptors (Lipinski definition) is 11. The number of nitrogens with zero attached hydrogens (tertiary/aromatic N) is 7. The summed E-state index contributed by atoms with van der Waals surface area (Å²) in [4.78, 5) is 47.3. The summed E-state index contributed by atoms with van der Waals surface area (Å²) >= 11 is 0. The van der Waals surface area contributed by atoms with Gasteiger partial charge in [0.2, 0.25) is 5.88 Å². The molecule has 36 heavy (non-hydrogen) atoms. The minimum absolute atomic E-state index is 0.0862. The predicted molar refractivity (Wildman–Crippen MR) is 130 cm³/mol. The number of cyclic esters (lactones) is 1. The van der Waals surface area contributed by atoms with E-state index in [1.54, 1.807) is 25.4 Å². The molecular formula is C24H23N7O5. The van der Waals surface area contributed by atoms with E-state index in [1.165, 1.54) is 4.90 Å². The maximum absolute atomic E-state index is 12.5. The van der Waals surface area contributed by atoms with Gasteiger partial charge in [-0.25, -0.2) is 19.6 Å². The van der Waals surface area contributed by atoms with E-state index in [0.29, 0.717) is 30.3 Å². The molecular weight excluding hydrogens is 466 g/mol. The summed E-state index contributed by atoms with van der Waals surface area (Å²) in [6, 6.07) is 9.03. The molecule has 0 aliphatic carbocycles. The molecule has 2 saturated heterocycles. The van der Waals surface area contributed by atoms with Crippen molar-refractivity contribution in [2.45, 2.75) is 6.10 Å². The first kappa shape index (κ1) is 22.2. The van der Waals surface area contributed by atoms with Crippen LogP contribution in [-0.4, -0.2) is 83.4 Å². The van der Waals surface area contributed by atoms with Gasteiger partial charge in [-0.3, -0.25) is 14.8 Å². The van der Waals surface area contributed by atoms with E-state index in [-0.39, 0.29) is 11.8 Å². The molecule has 1 amide bonds. The van der Waals surface area contributed by atoms with Gasteiger partial charge in [0.25, 0.3) is 5.71 Å². The Morgan fingerprint density at radius 2 is 1.83 bits per heavy atom. The van der Waals surface area contributed by atoms with Gasteiger partial charge >= 0.3 is 11.7 Å². The number of piperazine rings is 1. The Labute approximate surface area is 205 Å². The van der Waals surface area contributed by atoms with Crippen LogP contribution in [0.15, 0.2) is 51.9 Å². The summed E-state index contributed by atoms with van der Waals surface area (Å²) in [5.41, 5.74) is 2.60. The second kappa shape index (κ2) is 9.04. The zero-order chi connectivity index (χ0) is 24.6. The monoisotopic (exact) mass is 489 g/mol. The average Bonchev–Trinajstić information content (AvgIpc) is 3.27. The Balaban J connectivity index is 1.10.